The van der Waals surface area contributed by atoms with Crippen molar-refractivity contribution in [3.05, 3.63) is 35.0 Å². The lowest BCUT2D eigenvalue weighted by molar-refractivity contribution is 0.0911. The first-order chi connectivity index (χ1) is 8.22. The zero-order chi connectivity index (χ0) is 11.8. The largest absolute Gasteiger partial charge is 0.453 e. The van der Waals surface area contributed by atoms with E-state index in [1.807, 2.05) is 6.07 Å². The van der Waals surface area contributed by atoms with E-state index in [0.29, 0.717) is 23.1 Å². The second-order valence-electron chi connectivity index (χ2n) is 4.72. The van der Waals surface area contributed by atoms with Crippen LogP contribution >= 0.6 is 11.6 Å². The van der Waals surface area contributed by atoms with E-state index in [9.17, 15) is 4.79 Å². The van der Waals surface area contributed by atoms with Gasteiger partial charge in [-0.2, -0.15) is 0 Å². The highest BCUT2D eigenvalue weighted by atomic mass is 35.5. The van der Waals surface area contributed by atoms with Gasteiger partial charge >= 0.3 is 0 Å². The molecule has 3 heteroatoms. The van der Waals surface area contributed by atoms with Gasteiger partial charge in [0.15, 0.2) is 11.5 Å². The molecule has 0 bridgehead atoms. The minimum absolute atomic E-state index is 0.113. The van der Waals surface area contributed by atoms with Crippen LogP contribution in [0.15, 0.2) is 28.7 Å². The van der Waals surface area contributed by atoms with Crippen molar-refractivity contribution in [3.63, 3.8) is 0 Å². The highest BCUT2D eigenvalue weighted by Gasteiger charge is 2.23. The number of benzene rings is 1. The number of furan rings is 1. The lowest BCUT2D eigenvalue weighted by Gasteiger charge is -2.23. The van der Waals surface area contributed by atoms with Crippen molar-refractivity contribution in [2.75, 3.05) is 0 Å². The molecule has 0 N–H and O–H groups in total. The Kier molecular flexibility index (Phi) is 2.67. The van der Waals surface area contributed by atoms with Gasteiger partial charge in [0.05, 0.1) is 0 Å². The smallest absolute Gasteiger partial charge is 0.198 e. The number of ketones is 1. The number of hydrogen-bond donors (Lipinski definition) is 0. The maximum absolute atomic E-state index is 12.0. The summed E-state index contributed by atoms with van der Waals surface area (Å²) in [6.45, 7) is 0. The van der Waals surface area contributed by atoms with Gasteiger partial charge in [-0.1, -0.05) is 18.0 Å². The van der Waals surface area contributed by atoms with Gasteiger partial charge in [-0.3, -0.25) is 4.79 Å². The first-order valence-corrected chi connectivity index (χ1v) is 6.32. The predicted molar refractivity (Wildman–Crippen MR) is 67.5 cm³/mol. The fourth-order valence-corrected chi connectivity index (χ4v) is 2.39. The zero-order valence-corrected chi connectivity index (χ0v) is 10.2. The third-order valence-corrected chi connectivity index (χ3v) is 3.69. The van der Waals surface area contributed by atoms with Crippen LogP contribution in [0.5, 0.6) is 0 Å². The molecule has 1 aromatic heterocycles. The van der Waals surface area contributed by atoms with E-state index in [2.05, 4.69) is 0 Å². The molecule has 0 unspecified atom stereocenters. The third-order valence-electron chi connectivity index (χ3n) is 3.45. The number of carbonyl (C=O) groups excluding carboxylic acids is 1. The summed E-state index contributed by atoms with van der Waals surface area (Å²) in [5.41, 5.74) is 0.728. The Hall–Kier alpha value is -1.28. The SMILES string of the molecule is O=C(CC1CCC1)c1cc2cc(Cl)ccc2o1. The molecule has 1 aliphatic rings. The molecule has 17 heavy (non-hydrogen) atoms. The Bertz CT molecular complexity index is 567. The molecule has 0 amide bonds. The van der Waals surface area contributed by atoms with Crippen LogP contribution in [-0.2, 0) is 0 Å². The summed E-state index contributed by atoms with van der Waals surface area (Å²) in [6.07, 6.45) is 4.23. The summed E-state index contributed by atoms with van der Waals surface area (Å²) in [6, 6.07) is 7.19. The van der Waals surface area contributed by atoms with Crippen molar-refractivity contribution in [3.8, 4) is 0 Å². The Morgan fingerprint density at radius 1 is 1.35 bits per heavy atom. The van der Waals surface area contributed by atoms with Gasteiger partial charge in [0.25, 0.3) is 0 Å². The maximum atomic E-state index is 12.0. The van der Waals surface area contributed by atoms with Gasteiger partial charge in [-0.05, 0) is 43.0 Å². The number of halogens is 1. The van der Waals surface area contributed by atoms with Crippen molar-refractivity contribution in [1.82, 2.24) is 0 Å². The second kappa shape index (κ2) is 4.19. The van der Waals surface area contributed by atoms with Crippen LogP contribution in [-0.4, -0.2) is 5.78 Å². The van der Waals surface area contributed by atoms with E-state index in [1.165, 1.54) is 19.3 Å². The van der Waals surface area contributed by atoms with E-state index in [-0.39, 0.29) is 5.78 Å². The van der Waals surface area contributed by atoms with Crippen molar-refractivity contribution in [2.24, 2.45) is 5.92 Å². The average molecular weight is 249 g/mol. The fraction of sp³-hybridized carbons (Fsp3) is 0.357. The molecular weight excluding hydrogens is 236 g/mol. The molecule has 88 valence electrons. The van der Waals surface area contributed by atoms with Crippen LogP contribution in [0.25, 0.3) is 11.0 Å². The van der Waals surface area contributed by atoms with Gasteiger partial charge in [0.1, 0.15) is 5.58 Å². The molecule has 2 nitrogen and oxygen atoms in total. The van der Waals surface area contributed by atoms with E-state index in [0.717, 1.165) is 11.0 Å². The highest BCUT2D eigenvalue weighted by molar-refractivity contribution is 6.31. The molecule has 0 spiro atoms. The maximum Gasteiger partial charge on any atom is 0.198 e. The first-order valence-electron chi connectivity index (χ1n) is 5.95. The Labute approximate surface area is 105 Å². The lowest BCUT2D eigenvalue weighted by Crippen LogP contribution is -2.15. The third kappa shape index (κ3) is 2.09. The quantitative estimate of drug-likeness (QED) is 0.751. The van der Waals surface area contributed by atoms with Crippen molar-refractivity contribution < 1.29 is 9.21 Å². The topological polar surface area (TPSA) is 30.2 Å². The number of Topliss-reactive ketones (excluding diaryl/α,β-unsaturated/α-hetero) is 1. The lowest BCUT2D eigenvalue weighted by atomic mass is 9.81. The molecular formula is C14H13ClO2. The van der Waals surface area contributed by atoms with Crippen molar-refractivity contribution in [1.29, 1.82) is 0 Å². The monoisotopic (exact) mass is 248 g/mol. The summed E-state index contributed by atoms with van der Waals surface area (Å²) in [5.74, 6) is 1.15. The Balaban J connectivity index is 1.86. The Morgan fingerprint density at radius 3 is 2.88 bits per heavy atom. The van der Waals surface area contributed by atoms with Crippen molar-refractivity contribution >= 4 is 28.4 Å². The molecule has 0 atom stereocenters. The molecule has 0 saturated heterocycles. The summed E-state index contributed by atoms with van der Waals surface area (Å²) in [5, 5.41) is 1.56. The summed E-state index contributed by atoms with van der Waals surface area (Å²) in [4.78, 5) is 12.0. The molecule has 1 fully saturated rings. The summed E-state index contributed by atoms with van der Waals surface area (Å²) < 4.78 is 5.55. The van der Waals surface area contributed by atoms with Crippen molar-refractivity contribution in [2.45, 2.75) is 25.7 Å². The van der Waals surface area contributed by atoms with E-state index < -0.39 is 0 Å². The second-order valence-corrected chi connectivity index (χ2v) is 5.15. The molecule has 0 radical (unpaired) electrons. The summed E-state index contributed by atoms with van der Waals surface area (Å²) >= 11 is 5.90. The standard InChI is InChI=1S/C14H13ClO2/c15-11-4-5-13-10(7-11)8-14(17-13)12(16)6-9-2-1-3-9/h4-5,7-9H,1-3,6H2. The molecule has 2 aromatic rings. The van der Waals surface area contributed by atoms with Gasteiger partial charge in [-0.15, -0.1) is 0 Å². The van der Waals surface area contributed by atoms with E-state index in [4.69, 9.17) is 16.0 Å². The van der Waals surface area contributed by atoms with Gasteiger partial charge < -0.3 is 4.42 Å². The minimum atomic E-state index is 0.113. The van der Waals surface area contributed by atoms with Crippen LogP contribution in [0.4, 0.5) is 0 Å². The summed E-state index contributed by atoms with van der Waals surface area (Å²) in [7, 11) is 0. The van der Waals surface area contributed by atoms with Gasteiger partial charge in [0.2, 0.25) is 0 Å². The normalized spacial score (nSPS) is 16.1. The molecule has 0 aliphatic heterocycles. The van der Waals surface area contributed by atoms with E-state index in [1.54, 1.807) is 18.2 Å². The van der Waals surface area contributed by atoms with Gasteiger partial charge in [-0.25, -0.2) is 0 Å². The van der Waals surface area contributed by atoms with Crippen LogP contribution in [0.2, 0.25) is 5.02 Å². The number of fused-ring (bicyclic) bond motifs is 1. The van der Waals surface area contributed by atoms with Gasteiger partial charge in [0, 0.05) is 16.8 Å². The molecule has 1 aliphatic carbocycles. The molecule has 1 saturated carbocycles. The first kappa shape index (κ1) is 10.8. The fourth-order valence-electron chi connectivity index (χ4n) is 2.21. The van der Waals surface area contributed by atoms with E-state index >= 15 is 0 Å². The molecule has 3 rings (SSSR count). The van der Waals surface area contributed by atoms with Crippen LogP contribution in [0.3, 0.4) is 0 Å². The van der Waals surface area contributed by atoms with Crippen LogP contribution in [0, 0.1) is 5.92 Å². The Morgan fingerprint density at radius 2 is 2.18 bits per heavy atom. The molecule has 1 heterocycles. The van der Waals surface area contributed by atoms with Crippen LogP contribution in [0.1, 0.15) is 36.2 Å². The average Bonchev–Trinajstić information content (AvgIpc) is 2.65. The number of hydrogen-bond acceptors (Lipinski definition) is 2. The zero-order valence-electron chi connectivity index (χ0n) is 9.41. The van der Waals surface area contributed by atoms with Crippen LogP contribution < -0.4 is 0 Å². The number of carbonyl (C=O) groups is 1. The predicted octanol–water partition coefficient (Wildman–Crippen LogP) is 4.46. The molecule has 1 aromatic carbocycles. The minimum Gasteiger partial charge on any atom is -0.453 e. The highest BCUT2D eigenvalue weighted by Crippen LogP contribution is 2.31. The number of rotatable bonds is 3.